The first-order chi connectivity index (χ1) is 20.2. The standard InChI is InChI=1S/C31H47NO10S/c1-15-8-7-9-20-22(39-20)11-21(16(2)10-19-14-43-18(4)32-19)40-25(34)12-24(31(5,6)29(38)17(3)26(15)35)42-30-28(37)27(36)23(13-33)41-30/h10,14-15,17,20-24,26-28,30,33,35-37H,7-9,11-13H2,1-6H3/b16-10+/t15-,17+,20?,21-,22-,23+,24-,26-,27?,28+,30+/m0/s1. The first-order valence-corrected chi connectivity index (χ1v) is 16.1. The summed E-state index contributed by atoms with van der Waals surface area (Å²) < 4.78 is 23.6. The number of aliphatic hydroxyl groups is 4. The normalized spacial score (nSPS) is 39.8. The van der Waals surface area contributed by atoms with Gasteiger partial charge in [-0.1, -0.05) is 34.1 Å². The van der Waals surface area contributed by atoms with Crippen molar-refractivity contribution in [2.45, 2.75) is 129 Å². The first kappa shape index (κ1) is 34.1. The summed E-state index contributed by atoms with van der Waals surface area (Å²) in [7, 11) is 0. The Morgan fingerprint density at radius 1 is 1.12 bits per heavy atom. The van der Waals surface area contributed by atoms with Crippen molar-refractivity contribution in [2.24, 2.45) is 17.3 Å². The molecular weight excluding hydrogens is 578 g/mol. The number of ether oxygens (including phenoxy) is 4. The van der Waals surface area contributed by atoms with E-state index in [4.69, 9.17) is 18.9 Å². The Morgan fingerprint density at radius 2 is 1.84 bits per heavy atom. The molecule has 11 atom stereocenters. The van der Waals surface area contributed by atoms with Crippen LogP contribution in [0.15, 0.2) is 11.0 Å². The van der Waals surface area contributed by atoms with E-state index >= 15 is 0 Å². The van der Waals surface area contributed by atoms with Crippen LogP contribution < -0.4 is 0 Å². The fraction of sp³-hybridized carbons (Fsp3) is 0.774. The van der Waals surface area contributed by atoms with E-state index in [-0.39, 0.29) is 30.3 Å². The minimum absolute atomic E-state index is 0.0359. The molecule has 3 aliphatic heterocycles. The maximum atomic E-state index is 13.9. The third-order valence-electron chi connectivity index (χ3n) is 9.17. The van der Waals surface area contributed by atoms with E-state index in [0.717, 1.165) is 35.5 Å². The molecule has 43 heavy (non-hydrogen) atoms. The van der Waals surface area contributed by atoms with Gasteiger partial charge in [0.05, 0.1) is 53.6 Å². The van der Waals surface area contributed by atoms with Crippen LogP contribution in [0.2, 0.25) is 0 Å². The van der Waals surface area contributed by atoms with Crippen LogP contribution >= 0.6 is 11.3 Å². The van der Waals surface area contributed by atoms with Gasteiger partial charge < -0.3 is 39.4 Å². The van der Waals surface area contributed by atoms with Gasteiger partial charge in [0.15, 0.2) is 6.29 Å². The number of esters is 1. The number of thiazole rings is 1. The van der Waals surface area contributed by atoms with Crippen molar-refractivity contribution in [3.63, 3.8) is 0 Å². The summed E-state index contributed by atoms with van der Waals surface area (Å²) in [6, 6.07) is 0. The smallest absolute Gasteiger partial charge is 0.309 e. The number of rotatable bonds is 5. The first-order valence-electron chi connectivity index (χ1n) is 15.2. The fourth-order valence-corrected chi connectivity index (χ4v) is 6.70. The van der Waals surface area contributed by atoms with Gasteiger partial charge in [-0.2, -0.15) is 0 Å². The molecule has 2 unspecified atom stereocenters. The molecule has 0 radical (unpaired) electrons. The van der Waals surface area contributed by atoms with Crippen LogP contribution in [-0.4, -0.2) is 98.9 Å². The van der Waals surface area contributed by atoms with Gasteiger partial charge in [0, 0.05) is 17.7 Å². The number of aromatic nitrogens is 1. The Balaban J connectivity index is 1.63. The zero-order valence-corrected chi connectivity index (χ0v) is 26.7. The number of ketones is 1. The van der Waals surface area contributed by atoms with Crippen LogP contribution in [-0.2, 0) is 28.5 Å². The lowest BCUT2D eigenvalue weighted by Crippen LogP contribution is -2.49. The lowest BCUT2D eigenvalue weighted by atomic mass is 9.72. The van der Waals surface area contributed by atoms with E-state index in [1.54, 1.807) is 20.8 Å². The van der Waals surface area contributed by atoms with Gasteiger partial charge in [-0.05, 0) is 44.3 Å². The number of carbonyl (C=O) groups excluding carboxylic acids is 2. The summed E-state index contributed by atoms with van der Waals surface area (Å²) in [4.78, 5) is 32.0. The summed E-state index contributed by atoms with van der Waals surface area (Å²) in [5, 5.41) is 44.3. The molecule has 4 N–H and O–H groups in total. The largest absolute Gasteiger partial charge is 0.458 e. The van der Waals surface area contributed by atoms with Gasteiger partial charge in [0.1, 0.15) is 30.2 Å². The Bertz CT molecular complexity index is 1150. The zero-order chi connectivity index (χ0) is 31.6. The van der Waals surface area contributed by atoms with Crippen molar-refractivity contribution < 1.29 is 49.0 Å². The second-order valence-electron chi connectivity index (χ2n) is 12.9. The van der Waals surface area contributed by atoms with Crippen LogP contribution in [0.5, 0.6) is 0 Å². The number of Topliss-reactive ketones (excluding diaryl/α,β-unsaturated/α-hetero) is 1. The molecule has 3 fully saturated rings. The Morgan fingerprint density at radius 3 is 2.47 bits per heavy atom. The number of aliphatic hydroxyl groups excluding tert-OH is 4. The highest BCUT2D eigenvalue weighted by molar-refractivity contribution is 7.09. The fourth-order valence-electron chi connectivity index (χ4n) is 6.13. The molecule has 1 aromatic rings. The lowest BCUT2D eigenvalue weighted by molar-refractivity contribution is -0.218. The predicted molar refractivity (Wildman–Crippen MR) is 158 cm³/mol. The van der Waals surface area contributed by atoms with Gasteiger partial charge in [-0.25, -0.2) is 4.98 Å². The number of hydrogen-bond acceptors (Lipinski definition) is 12. The van der Waals surface area contributed by atoms with Crippen molar-refractivity contribution in [1.82, 2.24) is 4.98 Å². The van der Waals surface area contributed by atoms with Gasteiger partial charge in [-0.15, -0.1) is 11.3 Å². The molecule has 1 aromatic heterocycles. The van der Waals surface area contributed by atoms with Crippen molar-refractivity contribution >= 4 is 29.2 Å². The molecule has 242 valence electrons. The summed E-state index contributed by atoms with van der Waals surface area (Å²) in [6.45, 7) is 10.1. The molecule has 0 bridgehead atoms. The van der Waals surface area contributed by atoms with E-state index < -0.39 is 66.8 Å². The van der Waals surface area contributed by atoms with Crippen LogP contribution in [0, 0.1) is 24.2 Å². The van der Waals surface area contributed by atoms with Crippen LogP contribution in [0.4, 0.5) is 0 Å². The predicted octanol–water partition coefficient (Wildman–Crippen LogP) is 2.55. The van der Waals surface area contributed by atoms with E-state index in [0.29, 0.717) is 6.42 Å². The molecule has 0 spiro atoms. The Kier molecular flexibility index (Phi) is 11.2. The summed E-state index contributed by atoms with van der Waals surface area (Å²) in [5.74, 6) is -1.87. The molecule has 0 aliphatic carbocycles. The zero-order valence-electron chi connectivity index (χ0n) is 25.8. The lowest BCUT2D eigenvalue weighted by Gasteiger charge is -2.38. The SMILES string of the molecule is C/C(=C\c1csc(C)n1)[C@@H]1C[C@@H]2OC2CCC[C@H](C)[C@H](O)[C@@H](C)C(=O)C(C)(C)[C@@H](O[C@H]2O[C@H](CO)C(O)[C@H]2O)CC(=O)O1. The number of epoxide rings is 1. The van der Waals surface area contributed by atoms with Crippen molar-refractivity contribution in [3.05, 3.63) is 21.7 Å². The van der Waals surface area contributed by atoms with Crippen molar-refractivity contribution in [3.8, 4) is 0 Å². The van der Waals surface area contributed by atoms with E-state index in [9.17, 15) is 30.0 Å². The minimum Gasteiger partial charge on any atom is -0.458 e. The van der Waals surface area contributed by atoms with Crippen molar-refractivity contribution in [2.75, 3.05) is 6.61 Å². The molecule has 12 heteroatoms. The number of hydrogen-bond donors (Lipinski definition) is 4. The van der Waals surface area contributed by atoms with Crippen LogP contribution in [0.25, 0.3) is 6.08 Å². The minimum atomic E-state index is -1.51. The quantitative estimate of drug-likeness (QED) is 0.280. The third-order valence-corrected chi connectivity index (χ3v) is 9.97. The molecule has 4 heterocycles. The van der Waals surface area contributed by atoms with Gasteiger partial charge in [-0.3, -0.25) is 9.59 Å². The highest BCUT2D eigenvalue weighted by Crippen LogP contribution is 2.38. The molecule has 11 nitrogen and oxygen atoms in total. The highest BCUT2D eigenvalue weighted by atomic mass is 32.1. The number of fused-ring (bicyclic) bond motifs is 1. The number of nitrogens with zero attached hydrogens (tertiary/aromatic N) is 1. The molecule has 0 amide bonds. The summed E-state index contributed by atoms with van der Waals surface area (Å²) >= 11 is 1.53. The number of aryl methyl sites for hydroxylation is 1. The van der Waals surface area contributed by atoms with Gasteiger partial charge in [0.25, 0.3) is 0 Å². The third kappa shape index (κ3) is 8.09. The van der Waals surface area contributed by atoms with Gasteiger partial charge in [0.2, 0.25) is 0 Å². The molecule has 0 saturated carbocycles. The number of cyclic esters (lactones) is 1. The van der Waals surface area contributed by atoms with E-state index in [1.807, 2.05) is 32.2 Å². The molecule has 0 aromatic carbocycles. The Hall–Kier alpha value is -1.77. The summed E-state index contributed by atoms with van der Waals surface area (Å²) in [5.41, 5.74) is 0.246. The average molecular weight is 626 g/mol. The topological polar surface area (TPSA) is 168 Å². The second-order valence-corrected chi connectivity index (χ2v) is 14.0. The Labute approximate surface area is 257 Å². The van der Waals surface area contributed by atoms with Gasteiger partial charge >= 0.3 is 5.97 Å². The van der Waals surface area contributed by atoms with E-state index in [1.165, 1.54) is 11.3 Å². The average Bonchev–Trinajstić information content (AvgIpc) is 3.47. The molecular formula is C31H47NO10S. The van der Waals surface area contributed by atoms with Crippen LogP contribution in [0.1, 0.15) is 77.4 Å². The van der Waals surface area contributed by atoms with Crippen LogP contribution in [0.3, 0.4) is 0 Å². The maximum Gasteiger partial charge on any atom is 0.309 e. The van der Waals surface area contributed by atoms with Crippen molar-refractivity contribution in [1.29, 1.82) is 0 Å². The molecule has 4 rings (SSSR count). The maximum absolute atomic E-state index is 13.9. The van der Waals surface area contributed by atoms with E-state index in [2.05, 4.69) is 4.98 Å². The number of carbonyl (C=O) groups is 2. The monoisotopic (exact) mass is 625 g/mol. The highest BCUT2D eigenvalue weighted by Gasteiger charge is 2.50. The molecule has 3 aliphatic rings. The second kappa shape index (κ2) is 14.1. The summed E-state index contributed by atoms with van der Waals surface area (Å²) in [6.07, 6.45) is -3.78. The molecule has 3 saturated heterocycles.